The molecule has 1 N–H and O–H groups in total. The van der Waals surface area contributed by atoms with Gasteiger partial charge in [-0.2, -0.15) is 0 Å². The highest BCUT2D eigenvalue weighted by Gasteiger charge is 2.28. The Kier molecular flexibility index (Phi) is 5.96. The minimum atomic E-state index is 0.449. The molecule has 0 aromatic rings. The zero-order chi connectivity index (χ0) is 11.1. The van der Waals surface area contributed by atoms with Crippen molar-refractivity contribution in [3.8, 4) is 0 Å². The number of hydrogen-bond acceptors (Lipinski definition) is 2. The number of hydrogen-bond donors (Lipinski definition) is 1. The summed E-state index contributed by atoms with van der Waals surface area (Å²) in [6.07, 6.45) is 7.17. The first-order chi connectivity index (χ1) is 7.27. The average molecular weight is 211 g/mol. The third-order valence-electron chi connectivity index (χ3n) is 3.14. The van der Waals surface area contributed by atoms with Gasteiger partial charge in [0.15, 0.2) is 0 Å². The van der Waals surface area contributed by atoms with Crippen molar-refractivity contribution in [1.29, 1.82) is 0 Å². The molecule has 88 valence electrons. The van der Waals surface area contributed by atoms with E-state index < -0.39 is 0 Å². The highest BCUT2D eigenvalue weighted by Crippen LogP contribution is 2.24. The van der Waals surface area contributed by atoms with Gasteiger partial charge >= 0.3 is 0 Å². The molecule has 0 bridgehead atoms. The third kappa shape index (κ3) is 4.35. The minimum absolute atomic E-state index is 0.449. The van der Waals surface area contributed by atoms with Gasteiger partial charge < -0.3 is 10.1 Å². The second-order valence-electron chi connectivity index (χ2n) is 4.57. The van der Waals surface area contributed by atoms with Gasteiger partial charge in [0, 0.05) is 12.0 Å². The van der Waals surface area contributed by atoms with Crippen LogP contribution in [0.1, 0.15) is 39.5 Å². The molecule has 1 fully saturated rings. The summed E-state index contributed by atoms with van der Waals surface area (Å²) in [4.78, 5) is 0. The zero-order valence-corrected chi connectivity index (χ0v) is 10.2. The topological polar surface area (TPSA) is 21.3 Å². The fourth-order valence-corrected chi connectivity index (χ4v) is 2.26. The standard InChI is InChI=1S/C13H25NO/c1-4-6-7-13(14-8-5-2)12-9-11(3)15-10-12/h4,11-14H,1,5-10H2,2-3H3. The van der Waals surface area contributed by atoms with Crippen molar-refractivity contribution in [3.05, 3.63) is 12.7 Å². The lowest BCUT2D eigenvalue weighted by atomic mass is 9.93. The van der Waals surface area contributed by atoms with Gasteiger partial charge in [-0.1, -0.05) is 13.0 Å². The maximum atomic E-state index is 5.64. The van der Waals surface area contributed by atoms with Crippen molar-refractivity contribution < 1.29 is 4.74 Å². The van der Waals surface area contributed by atoms with Crippen LogP contribution in [0.4, 0.5) is 0 Å². The molecule has 0 saturated carbocycles. The van der Waals surface area contributed by atoms with Gasteiger partial charge in [0.25, 0.3) is 0 Å². The van der Waals surface area contributed by atoms with Crippen LogP contribution in [-0.2, 0) is 4.74 Å². The Labute approximate surface area is 94.1 Å². The van der Waals surface area contributed by atoms with Crippen LogP contribution in [0.5, 0.6) is 0 Å². The number of nitrogens with one attached hydrogen (secondary N) is 1. The second kappa shape index (κ2) is 7.02. The summed E-state index contributed by atoms with van der Waals surface area (Å²) >= 11 is 0. The molecular formula is C13H25NO. The molecule has 2 nitrogen and oxygen atoms in total. The highest BCUT2D eigenvalue weighted by atomic mass is 16.5. The van der Waals surface area contributed by atoms with Gasteiger partial charge in [0.2, 0.25) is 0 Å². The Morgan fingerprint density at radius 1 is 1.60 bits per heavy atom. The molecule has 3 unspecified atom stereocenters. The summed E-state index contributed by atoms with van der Waals surface area (Å²) < 4.78 is 5.64. The van der Waals surface area contributed by atoms with Crippen LogP contribution in [0.2, 0.25) is 0 Å². The van der Waals surface area contributed by atoms with Crippen molar-refractivity contribution >= 4 is 0 Å². The van der Waals surface area contributed by atoms with E-state index in [1.165, 1.54) is 19.3 Å². The Morgan fingerprint density at radius 2 is 2.40 bits per heavy atom. The van der Waals surface area contributed by atoms with Crippen molar-refractivity contribution in [2.75, 3.05) is 13.2 Å². The monoisotopic (exact) mass is 211 g/mol. The van der Waals surface area contributed by atoms with E-state index in [4.69, 9.17) is 4.74 Å². The molecule has 1 aliphatic rings. The van der Waals surface area contributed by atoms with Gasteiger partial charge in [0.05, 0.1) is 12.7 Å². The van der Waals surface area contributed by atoms with Crippen molar-refractivity contribution in [2.24, 2.45) is 5.92 Å². The molecule has 1 heterocycles. The van der Waals surface area contributed by atoms with E-state index in [9.17, 15) is 0 Å². The Hall–Kier alpha value is -0.340. The summed E-state index contributed by atoms with van der Waals surface area (Å²) in [6.45, 7) is 10.2. The molecule has 0 spiro atoms. The summed E-state index contributed by atoms with van der Waals surface area (Å²) in [5.41, 5.74) is 0. The second-order valence-corrected chi connectivity index (χ2v) is 4.57. The first kappa shape index (κ1) is 12.7. The SMILES string of the molecule is C=CCCC(NCCC)C1COC(C)C1. The van der Waals surface area contributed by atoms with Crippen molar-refractivity contribution in [3.63, 3.8) is 0 Å². The van der Waals surface area contributed by atoms with Gasteiger partial charge in [-0.05, 0) is 39.2 Å². The lowest BCUT2D eigenvalue weighted by Gasteiger charge is -2.23. The lowest BCUT2D eigenvalue weighted by Crippen LogP contribution is -2.37. The van der Waals surface area contributed by atoms with Crippen LogP contribution >= 0.6 is 0 Å². The van der Waals surface area contributed by atoms with Crippen molar-refractivity contribution in [2.45, 2.75) is 51.7 Å². The van der Waals surface area contributed by atoms with Crippen LogP contribution in [-0.4, -0.2) is 25.3 Å². The van der Waals surface area contributed by atoms with E-state index in [2.05, 4.69) is 25.7 Å². The largest absolute Gasteiger partial charge is 0.378 e. The zero-order valence-electron chi connectivity index (χ0n) is 10.2. The normalized spacial score (nSPS) is 27.9. The first-order valence-corrected chi connectivity index (χ1v) is 6.23. The molecule has 0 aromatic carbocycles. The van der Waals surface area contributed by atoms with Crippen LogP contribution in [0, 0.1) is 5.92 Å². The van der Waals surface area contributed by atoms with E-state index in [0.717, 1.165) is 19.6 Å². The minimum Gasteiger partial charge on any atom is -0.378 e. The number of ether oxygens (including phenoxy) is 1. The quantitative estimate of drug-likeness (QED) is 0.654. The third-order valence-corrected chi connectivity index (χ3v) is 3.14. The molecular weight excluding hydrogens is 186 g/mol. The highest BCUT2D eigenvalue weighted by molar-refractivity contribution is 4.84. The summed E-state index contributed by atoms with van der Waals surface area (Å²) in [5, 5.41) is 3.64. The average Bonchev–Trinajstić information content (AvgIpc) is 2.65. The van der Waals surface area contributed by atoms with E-state index in [1.54, 1.807) is 0 Å². The van der Waals surface area contributed by atoms with Crippen LogP contribution in [0.3, 0.4) is 0 Å². The van der Waals surface area contributed by atoms with Gasteiger partial charge in [-0.3, -0.25) is 0 Å². The molecule has 1 aliphatic heterocycles. The summed E-state index contributed by atoms with van der Waals surface area (Å²) in [5.74, 6) is 0.700. The molecule has 0 aliphatic carbocycles. The summed E-state index contributed by atoms with van der Waals surface area (Å²) in [6, 6.07) is 0.618. The van der Waals surface area contributed by atoms with E-state index >= 15 is 0 Å². The van der Waals surface area contributed by atoms with Gasteiger partial charge in [-0.15, -0.1) is 6.58 Å². The van der Waals surface area contributed by atoms with E-state index in [-0.39, 0.29) is 0 Å². The molecule has 1 rings (SSSR count). The molecule has 15 heavy (non-hydrogen) atoms. The predicted octanol–water partition coefficient (Wildman–Crippen LogP) is 2.75. The molecule has 0 aromatic heterocycles. The molecule has 2 heteroatoms. The smallest absolute Gasteiger partial charge is 0.0551 e. The lowest BCUT2D eigenvalue weighted by molar-refractivity contribution is 0.116. The first-order valence-electron chi connectivity index (χ1n) is 6.23. The Balaban J connectivity index is 2.36. The van der Waals surface area contributed by atoms with Crippen LogP contribution in [0.15, 0.2) is 12.7 Å². The maximum absolute atomic E-state index is 5.64. The molecule has 0 amide bonds. The summed E-state index contributed by atoms with van der Waals surface area (Å²) in [7, 11) is 0. The fraction of sp³-hybridized carbons (Fsp3) is 0.846. The van der Waals surface area contributed by atoms with E-state index in [1.807, 2.05) is 6.08 Å². The van der Waals surface area contributed by atoms with E-state index in [0.29, 0.717) is 18.1 Å². The van der Waals surface area contributed by atoms with Gasteiger partial charge in [0.1, 0.15) is 0 Å². The predicted molar refractivity (Wildman–Crippen MR) is 65.0 cm³/mol. The Morgan fingerprint density at radius 3 is 2.93 bits per heavy atom. The molecule has 1 saturated heterocycles. The molecule has 0 radical (unpaired) electrons. The number of rotatable bonds is 7. The van der Waals surface area contributed by atoms with Crippen LogP contribution in [0.25, 0.3) is 0 Å². The fourth-order valence-electron chi connectivity index (χ4n) is 2.26. The van der Waals surface area contributed by atoms with Crippen molar-refractivity contribution in [1.82, 2.24) is 5.32 Å². The maximum Gasteiger partial charge on any atom is 0.0551 e. The van der Waals surface area contributed by atoms with Gasteiger partial charge in [-0.25, -0.2) is 0 Å². The Bertz CT molecular complexity index is 181. The van der Waals surface area contributed by atoms with Crippen LogP contribution < -0.4 is 5.32 Å². The number of allylic oxidation sites excluding steroid dienone is 1. The molecule has 3 atom stereocenters.